The number of benzene rings is 1. The van der Waals surface area contributed by atoms with Crippen LogP contribution in [0.25, 0.3) is 0 Å². The number of carboxylic acid groups (broad SMARTS) is 1. The summed E-state index contributed by atoms with van der Waals surface area (Å²) in [4.78, 5) is 22.7. The summed E-state index contributed by atoms with van der Waals surface area (Å²) >= 11 is 0. The van der Waals surface area contributed by atoms with E-state index in [1.807, 2.05) is 0 Å². The van der Waals surface area contributed by atoms with Gasteiger partial charge in [0.25, 0.3) is 0 Å². The van der Waals surface area contributed by atoms with Crippen LogP contribution in [0.5, 0.6) is 5.75 Å². The molecule has 1 aromatic rings. The van der Waals surface area contributed by atoms with Gasteiger partial charge in [0.05, 0.1) is 0 Å². The number of nitrogens with one attached hydrogen (secondary N) is 1. The summed E-state index contributed by atoms with van der Waals surface area (Å²) in [6.45, 7) is 12.5. The maximum atomic E-state index is 12.1. The van der Waals surface area contributed by atoms with Crippen molar-refractivity contribution in [1.82, 2.24) is 0 Å². The molecule has 5 heteroatoms. The number of aromatic hydroxyl groups is 1. The van der Waals surface area contributed by atoms with Crippen LogP contribution < -0.4 is 5.32 Å². The van der Waals surface area contributed by atoms with Crippen LogP contribution in [-0.2, 0) is 20.4 Å². The average molecular weight is 376 g/mol. The van der Waals surface area contributed by atoms with Gasteiger partial charge >= 0.3 is 5.97 Å². The number of hydrogen-bond donors (Lipinski definition) is 3. The molecule has 0 aromatic heterocycles. The Kier molecular flexibility index (Phi) is 7.64. The van der Waals surface area contributed by atoms with Crippen LogP contribution in [0.15, 0.2) is 24.3 Å². The van der Waals surface area contributed by atoms with E-state index in [9.17, 15) is 14.7 Å². The third-order valence-corrected chi connectivity index (χ3v) is 4.96. The van der Waals surface area contributed by atoms with Crippen LogP contribution in [0, 0.1) is 0 Å². The fraction of sp³-hybridized carbons (Fsp3) is 0.545. The fourth-order valence-electron chi connectivity index (χ4n) is 3.59. The molecule has 0 unspecified atom stereocenters. The molecule has 150 valence electrons. The molecule has 1 aromatic carbocycles. The number of aliphatic carboxylic acids is 1. The minimum absolute atomic E-state index is 0.256. The largest absolute Gasteiger partial charge is 0.507 e. The van der Waals surface area contributed by atoms with Gasteiger partial charge < -0.3 is 15.5 Å². The molecule has 5 nitrogen and oxygen atoms in total. The molecular formula is C22H33NO4. The van der Waals surface area contributed by atoms with Crippen molar-refractivity contribution in [2.24, 2.45) is 0 Å². The molecule has 0 spiro atoms. The Bertz CT molecular complexity index is 678. The van der Waals surface area contributed by atoms with E-state index in [0.29, 0.717) is 5.69 Å². The van der Waals surface area contributed by atoms with Gasteiger partial charge in [-0.05, 0) is 35.8 Å². The average Bonchev–Trinajstić information content (AvgIpc) is 2.54. The Morgan fingerprint density at radius 1 is 0.963 bits per heavy atom. The summed E-state index contributed by atoms with van der Waals surface area (Å²) in [5.41, 5.74) is 1.64. The van der Waals surface area contributed by atoms with Gasteiger partial charge in [0.1, 0.15) is 5.75 Å². The van der Waals surface area contributed by atoms with Crippen LogP contribution in [0.1, 0.15) is 78.4 Å². The molecule has 3 N–H and O–H groups in total. The van der Waals surface area contributed by atoms with Crippen LogP contribution in [0.3, 0.4) is 0 Å². The predicted molar refractivity (Wildman–Crippen MR) is 109 cm³/mol. The number of carboxylic acids is 1. The molecule has 0 fully saturated rings. The summed E-state index contributed by atoms with van der Waals surface area (Å²) < 4.78 is 0. The van der Waals surface area contributed by atoms with Gasteiger partial charge in [-0.1, -0.05) is 54.4 Å². The topological polar surface area (TPSA) is 86.6 Å². The Labute approximate surface area is 162 Å². The van der Waals surface area contributed by atoms with Gasteiger partial charge in [-0.2, -0.15) is 0 Å². The number of carbonyl (C=O) groups is 2. The molecule has 27 heavy (non-hydrogen) atoms. The van der Waals surface area contributed by atoms with Gasteiger partial charge in [-0.3, -0.25) is 4.79 Å². The highest BCUT2D eigenvalue weighted by Crippen LogP contribution is 2.44. The molecular weight excluding hydrogens is 342 g/mol. The first-order chi connectivity index (χ1) is 12.4. The zero-order chi connectivity index (χ0) is 20.8. The molecule has 0 saturated heterocycles. The van der Waals surface area contributed by atoms with Gasteiger partial charge in [0.15, 0.2) is 0 Å². The molecule has 0 atom stereocenters. The van der Waals surface area contributed by atoms with Crippen molar-refractivity contribution >= 4 is 17.6 Å². The smallest absolute Gasteiger partial charge is 0.328 e. The van der Waals surface area contributed by atoms with Gasteiger partial charge in [0, 0.05) is 29.0 Å². The second-order valence-electron chi connectivity index (χ2n) is 8.35. The van der Waals surface area contributed by atoms with Crippen LogP contribution in [-0.4, -0.2) is 22.1 Å². The Hall–Kier alpha value is -2.30. The summed E-state index contributed by atoms with van der Waals surface area (Å²) in [6.07, 6.45) is 5.52. The van der Waals surface area contributed by atoms with E-state index in [2.05, 4.69) is 46.9 Å². The molecule has 0 aliphatic carbocycles. The van der Waals surface area contributed by atoms with Crippen molar-refractivity contribution in [3.05, 3.63) is 35.4 Å². The maximum absolute atomic E-state index is 12.1. The van der Waals surface area contributed by atoms with Crippen molar-refractivity contribution in [3.8, 4) is 5.75 Å². The molecule has 0 bridgehead atoms. The van der Waals surface area contributed by atoms with E-state index >= 15 is 0 Å². The maximum Gasteiger partial charge on any atom is 0.328 e. The lowest BCUT2D eigenvalue weighted by Crippen LogP contribution is -2.23. The second-order valence-corrected chi connectivity index (χ2v) is 8.35. The summed E-state index contributed by atoms with van der Waals surface area (Å²) in [7, 11) is 0. The zero-order valence-electron chi connectivity index (χ0n) is 17.3. The zero-order valence-corrected chi connectivity index (χ0v) is 17.3. The van der Waals surface area contributed by atoms with E-state index in [4.69, 9.17) is 5.11 Å². The number of phenols is 1. The Balaban J connectivity index is 3.47. The van der Waals surface area contributed by atoms with Crippen molar-refractivity contribution < 1.29 is 19.8 Å². The van der Waals surface area contributed by atoms with E-state index in [0.717, 1.165) is 49.0 Å². The number of phenolic OH excluding ortho intramolecular Hbond substituents is 1. The number of rotatable bonds is 9. The molecule has 0 saturated carbocycles. The quantitative estimate of drug-likeness (QED) is 0.413. The standard InChI is InChI=1S/C22H33NO4/c1-7-11-21(3,4)16-13-15(23-18(24)9-10-19(25)26)14-17(20(16)27)22(5,6)12-8-2/h9-10,13-14,27H,7-8,11-12H2,1-6H3,(H,23,24)(H,25,26)/b10-9-. The monoisotopic (exact) mass is 375 g/mol. The summed E-state index contributed by atoms with van der Waals surface area (Å²) in [5.74, 6) is -1.40. The highest BCUT2D eigenvalue weighted by molar-refractivity contribution is 6.02. The lowest BCUT2D eigenvalue weighted by molar-refractivity contribution is -0.131. The molecule has 1 rings (SSSR count). The molecule has 0 heterocycles. The highest BCUT2D eigenvalue weighted by Gasteiger charge is 2.30. The number of amides is 1. The van der Waals surface area contributed by atoms with Crippen molar-refractivity contribution in [2.75, 3.05) is 5.32 Å². The van der Waals surface area contributed by atoms with Crippen molar-refractivity contribution in [3.63, 3.8) is 0 Å². The van der Waals surface area contributed by atoms with Crippen LogP contribution in [0.4, 0.5) is 5.69 Å². The molecule has 0 aliphatic heterocycles. The number of anilines is 1. The second kappa shape index (κ2) is 9.07. The third-order valence-electron chi connectivity index (χ3n) is 4.96. The van der Waals surface area contributed by atoms with Crippen molar-refractivity contribution in [1.29, 1.82) is 0 Å². The third kappa shape index (κ3) is 6.12. The first kappa shape index (κ1) is 22.7. The predicted octanol–water partition coefficient (Wildman–Crippen LogP) is 5.13. The molecule has 1 amide bonds. The normalized spacial score (nSPS) is 12.4. The lowest BCUT2D eigenvalue weighted by Gasteiger charge is -2.32. The number of hydrogen-bond acceptors (Lipinski definition) is 3. The summed E-state index contributed by atoms with van der Waals surface area (Å²) in [5, 5.41) is 22.5. The minimum atomic E-state index is -1.18. The molecule has 0 aliphatic rings. The van der Waals surface area contributed by atoms with Crippen molar-refractivity contribution in [2.45, 2.75) is 78.1 Å². The Morgan fingerprint density at radius 2 is 1.41 bits per heavy atom. The van der Waals surface area contributed by atoms with Crippen LogP contribution in [0.2, 0.25) is 0 Å². The van der Waals surface area contributed by atoms with Gasteiger partial charge in [-0.15, -0.1) is 0 Å². The SMILES string of the molecule is CCCC(C)(C)c1cc(NC(=O)/C=C\C(=O)O)cc(C(C)(C)CCC)c1O. The highest BCUT2D eigenvalue weighted by atomic mass is 16.4. The Morgan fingerprint density at radius 3 is 1.78 bits per heavy atom. The van der Waals surface area contributed by atoms with E-state index < -0.39 is 11.9 Å². The first-order valence-corrected chi connectivity index (χ1v) is 9.54. The summed E-state index contributed by atoms with van der Waals surface area (Å²) in [6, 6.07) is 3.59. The van der Waals surface area contributed by atoms with E-state index in [-0.39, 0.29) is 16.6 Å². The minimum Gasteiger partial charge on any atom is -0.507 e. The number of carbonyl (C=O) groups excluding carboxylic acids is 1. The van der Waals surface area contributed by atoms with E-state index in [1.165, 1.54) is 0 Å². The van der Waals surface area contributed by atoms with E-state index in [1.54, 1.807) is 12.1 Å². The first-order valence-electron chi connectivity index (χ1n) is 9.54. The van der Waals surface area contributed by atoms with Gasteiger partial charge in [-0.25, -0.2) is 4.79 Å². The molecule has 0 radical (unpaired) electrons. The fourth-order valence-corrected chi connectivity index (χ4v) is 3.59. The lowest BCUT2D eigenvalue weighted by atomic mass is 9.74. The van der Waals surface area contributed by atoms with Crippen LogP contribution >= 0.6 is 0 Å². The van der Waals surface area contributed by atoms with Gasteiger partial charge in [0.2, 0.25) is 5.91 Å².